The topological polar surface area (TPSA) is 40.5 Å². The first-order valence-electron chi connectivity index (χ1n) is 6.15. The molecule has 2 aliphatic rings. The van der Waals surface area contributed by atoms with Gasteiger partial charge in [-0.2, -0.15) is 0 Å². The maximum absolute atomic E-state index is 11.2. The van der Waals surface area contributed by atoms with Crippen molar-refractivity contribution in [2.45, 2.75) is 45.1 Å². The Morgan fingerprint density at radius 2 is 2.00 bits per heavy atom. The molecule has 86 valence electrons. The first-order valence-corrected chi connectivity index (χ1v) is 6.15. The van der Waals surface area contributed by atoms with Crippen molar-refractivity contribution in [2.24, 2.45) is 11.8 Å². The van der Waals surface area contributed by atoms with Crippen LogP contribution in [0.5, 0.6) is 0 Å². The predicted octanol–water partition coefficient (Wildman–Crippen LogP) is 1.97. The van der Waals surface area contributed by atoms with Gasteiger partial charge in [-0.1, -0.05) is 6.92 Å². The van der Waals surface area contributed by atoms with E-state index in [1.54, 1.807) is 0 Å². The Labute approximate surface area is 91.5 Å². The molecule has 3 heteroatoms. The highest BCUT2D eigenvalue weighted by Crippen LogP contribution is 2.36. The van der Waals surface area contributed by atoms with Gasteiger partial charge >= 0.3 is 5.97 Å². The number of nitrogens with zero attached hydrogens (tertiary/aromatic N) is 1. The lowest BCUT2D eigenvalue weighted by Gasteiger charge is -2.27. The molecular weight excluding hydrogens is 190 g/mol. The van der Waals surface area contributed by atoms with E-state index in [1.807, 2.05) is 0 Å². The number of carboxylic acids is 1. The molecule has 2 rings (SSSR count). The minimum absolute atomic E-state index is 0.185. The molecule has 15 heavy (non-hydrogen) atoms. The molecular formula is C12H21NO2. The summed E-state index contributed by atoms with van der Waals surface area (Å²) in [5.41, 5.74) is 0. The molecule has 1 heterocycles. The third kappa shape index (κ3) is 2.71. The molecule has 0 aromatic carbocycles. The van der Waals surface area contributed by atoms with Crippen LogP contribution in [0.15, 0.2) is 0 Å². The highest BCUT2D eigenvalue weighted by Gasteiger charge is 2.40. The summed E-state index contributed by atoms with van der Waals surface area (Å²) in [6.07, 6.45) is 5.81. The Morgan fingerprint density at radius 3 is 2.60 bits per heavy atom. The fourth-order valence-corrected chi connectivity index (χ4v) is 2.63. The lowest BCUT2D eigenvalue weighted by atomic mass is 10.0. The van der Waals surface area contributed by atoms with E-state index in [1.165, 1.54) is 6.42 Å². The van der Waals surface area contributed by atoms with Crippen LogP contribution in [0.2, 0.25) is 0 Å². The molecule has 1 aliphatic carbocycles. The number of carbonyl (C=O) groups is 1. The van der Waals surface area contributed by atoms with Crippen molar-refractivity contribution in [3.63, 3.8) is 0 Å². The smallest absolute Gasteiger partial charge is 0.321 e. The molecule has 0 radical (unpaired) electrons. The van der Waals surface area contributed by atoms with Crippen LogP contribution in [0.3, 0.4) is 0 Å². The van der Waals surface area contributed by atoms with Gasteiger partial charge in [-0.3, -0.25) is 9.69 Å². The number of hydrogen-bond donors (Lipinski definition) is 1. The molecule has 1 saturated heterocycles. The molecule has 0 amide bonds. The van der Waals surface area contributed by atoms with Gasteiger partial charge in [-0.05, 0) is 57.0 Å². The van der Waals surface area contributed by atoms with E-state index < -0.39 is 5.97 Å². The summed E-state index contributed by atoms with van der Waals surface area (Å²) in [5, 5.41) is 9.25. The van der Waals surface area contributed by atoms with Gasteiger partial charge in [-0.15, -0.1) is 0 Å². The summed E-state index contributed by atoms with van der Waals surface area (Å²) in [7, 11) is 0. The number of likely N-dealkylation sites (tertiary alicyclic amines) is 1. The van der Waals surface area contributed by atoms with Crippen LogP contribution in [0.4, 0.5) is 0 Å². The zero-order valence-electron chi connectivity index (χ0n) is 9.48. The lowest BCUT2D eigenvalue weighted by Crippen LogP contribution is -2.43. The summed E-state index contributed by atoms with van der Waals surface area (Å²) in [4.78, 5) is 13.4. The minimum Gasteiger partial charge on any atom is -0.480 e. The Hall–Kier alpha value is -0.570. The second kappa shape index (κ2) is 4.52. The summed E-state index contributed by atoms with van der Waals surface area (Å²) in [6.45, 7) is 4.24. The van der Waals surface area contributed by atoms with Gasteiger partial charge in [0.05, 0.1) is 0 Å². The summed E-state index contributed by atoms with van der Waals surface area (Å²) in [5.74, 6) is 0.603. The zero-order valence-corrected chi connectivity index (χ0v) is 9.48. The molecule has 2 fully saturated rings. The van der Waals surface area contributed by atoms with Gasteiger partial charge in [-0.25, -0.2) is 0 Å². The van der Waals surface area contributed by atoms with Crippen LogP contribution in [0, 0.1) is 11.8 Å². The van der Waals surface area contributed by atoms with E-state index in [-0.39, 0.29) is 6.04 Å². The van der Waals surface area contributed by atoms with E-state index >= 15 is 0 Å². The fourth-order valence-electron chi connectivity index (χ4n) is 2.63. The van der Waals surface area contributed by atoms with E-state index in [2.05, 4.69) is 11.8 Å². The van der Waals surface area contributed by atoms with Crippen molar-refractivity contribution in [3.8, 4) is 0 Å². The minimum atomic E-state index is -0.605. The molecule has 0 spiro atoms. The average Bonchev–Trinajstić information content (AvgIpc) is 2.96. The summed E-state index contributed by atoms with van der Waals surface area (Å²) < 4.78 is 0. The Bertz CT molecular complexity index is 238. The molecule has 2 atom stereocenters. The molecule has 3 nitrogen and oxygen atoms in total. The highest BCUT2D eigenvalue weighted by molar-refractivity contribution is 5.74. The number of carboxylic acid groups (broad SMARTS) is 1. The van der Waals surface area contributed by atoms with Crippen LogP contribution >= 0.6 is 0 Å². The molecule has 1 aliphatic heterocycles. The second-order valence-electron chi connectivity index (χ2n) is 5.19. The molecule has 0 aromatic heterocycles. The van der Waals surface area contributed by atoms with Crippen LogP contribution < -0.4 is 0 Å². The van der Waals surface area contributed by atoms with E-state index in [4.69, 9.17) is 0 Å². The first-order chi connectivity index (χ1) is 7.18. The zero-order chi connectivity index (χ0) is 10.8. The summed E-state index contributed by atoms with van der Waals surface area (Å²) >= 11 is 0. The van der Waals surface area contributed by atoms with Crippen LogP contribution in [0.25, 0.3) is 0 Å². The maximum atomic E-state index is 11.2. The van der Waals surface area contributed by atoms with Crippen molar-refractivity contribution < 1.29 is 9.90 Å². The first kappa shape index (κ1) is 10.9. The predicted molar refractivity (Wildman–Crippen MR) is 58.7 cm³/mol. The van der Waals surface area contributed by atoms with Gasteiger partial charge in [0.25, 0.3) is 0 Å². The Morgan fingerprint density at radius 1 is 1.27 bits per heavy atom. The third-order valence-electron chi connectivity index (χ3n) is 3.77. The van der Waals surface area contributed by atoms with Gasteiger partial charge in [0.2, 0.25) is 0 Å². The van der Waals surface area contributed by atoms with Crippen LogP contribution in [-0.4, -0.2) is 35.1 Å². The molecule has 0 bridgehead atoms. The van der Waals surface area contributed by atoms with E-state index in [0.717, 1.165) is 44.7 Å². The SMILES string of the molecule is CC1CCCN(C(C(=O)O)C2CC2)CC1. The number of aliphatic carboxylic acids is 1. The van der Waals surface area contributed by atoms with Crippen molar-refractivity contribution in [1.82, 2.24) is 4.90 Å². The van der Waals surface area contributed by atoms with Gasteiger partial charge in [0, 0.05) is 0 Å². The Kier molecular flexibility index (Phi) is 3.29. The van der Waals surface area contributed by atoms with Gasteiger partial charge in [0.15, 0.2) is 0 Å². The van der Waals surface area contributed by atoms with Crippen LogP contribution in [-0.2, 0) is 4.79 Å². The van der Waals surface area contributed by atoms with Crippen molar-refractivity contribution >= 4 is 5.97 Å². The highest BCUT2D eigenvalue weighted by atomic mass is 16.4. The fraction of sp³-hybridized carbons (Fsp3) is 0.917. The maximum Gasteiger partial charge on any atom is 0.321 e. The third-order valence-corrected chi connectivity index (χ3v) is 3.77. The van der Waals surface area contributed by atoms with Crippen molar-refractivity contribution in [1.29, 1.82) is 0 Å². The molecule has 1 saturated carbocycles. The Balaban J connectivity index is 1.97. The van der Waals surface area contributed by atoms with Gasteiger partial charge in [0.1, 0.15) is 6.04 Å². The van der Waals surface area contributed by atoms with Crippen molar-refractivity contribution in [3.05, 3.63) is 0 Å². The van der Waals surface area contributed by atoms with E-state index in [0.29, 0.717) is 5.92 Å². The lowest BCUT2D eigenvalue weighted by molar-refractivity contribution is -0.144. The van der Waals surface area contributed by atoms with Crippen LogP contribution in [0.1, 0.15) is 39.0 Å². The normalized spacial score (nSPS) is 30.9. The number of hydrogen-bond acceptors (Lipinski definition) is 2. The quantitative estimate of drug-likeness (QED) is 0.776. The summed E-state index contributed by atoms with van der Waals surface area (Å²) in [6, 6.07) is -0.185. The monoisotopic (exact) mass is 211 g/mol. The second-order valence-corrected chi connectivity index (χ2v) is 5.19. The van der Waals surface area contributed by atoms with Gasteiger partial charge < -0.3 is 5.11 Å². The van der Waals surface area contributed by atoms with E-state index in [9.17, 15) is 9.90 Å². The molecule has 1 N–H and O–H groups in total. The molecule has 0 aromatic rings. The largest absolute Gasteiger partial charge is 0.480 e. The average molecular weight is 211 g/mol. The standard InChI is InChI=1S/C12H21NO2/c1-9-3-2-7-13(8-6-9)11(12(14)15)10-4-5-10/h9-11H,2-8H2,1H3,(H,14,15). The van der Waals surface area contributed by atoms with Crippen molar-refractivity contribution in [2.75, 3.05) is 13.1 Å². The molecule has 2 unspecified atom stereocenters. The number of rotatable bonds is 3.